The molecule has 84 valence electrons. The van der Waals surface area contributed by atoms with E-state index in [9.17, 15) is 5.11 Å². The van der Waals surface area contributed by atoms with E-state index >= 15 is 0 Å². The lowest BCUT2D eigenvalue weighted by molar-refractivity contribution is -0.0948. The van der Waals surface area contributed by atoms with E-state index in [0.29, 0.717) is 11.2 Å². The molecule has 0 radical (unpaired) electrons. The zero-order valence-electron chi connectivity index (χ0n) is 8.92. The van der Waals surface area contributed by atoms with Gasteiger partial charge in [-0.05, 0) is 19.1 Å². The molecule has 2 rings (SSSR count). The van der Waals surface area contributed by atoms with Gasteiger partial charge in [-0.3, -0.25) is 0 Å². The SMILES string of the molecule is CC(O)OCc1ccc2cccc(O)c2n1. The molecule has 1 aromatic heterocycles. The first-order valence-electron chi connectivity index (χ1n) is 5.04. The summed E-state index contributed by atoms with van der Waals surface area (Å²) in [6.45, 7) is 1.76. The highest BCUT2D eigenvalue weighted by Gasteiger charge is 2.03. The van der Waals surface area contributed by atoms with Crippen LogP contribution < -0.4 is 0 Å². The Hall–Kier alpha value is -1.65. The molecular formula is C12H13NO3. The van der Waals surface area contributed by atoms with Crippen molar-refractivity contribution in [3.05, 3.63) is 36.0 Å². The third-order valence-electron chi connectivity index (χ3n) is 2.23. The van der Waals surface area contributed by atoms with Gasteiger partial charge < -0.3 is 14.9 Å². The van der Waals surface area contributed by atoms with Gasteiger partial charge >= 0.3 is 0 Å². The number of rotatable bonds is 3. The summed E-state index contributed by atoms with van der Waals surface area (Å²) in [6, 6.07) is 8.91. The number of phenols is 1. The number of hydrogen-bond donors (Lipinski definition) is 2. The van der Waals surface area contributed by atoms with Crippen LogP contribution in [0, 0.1) is 0 Å². The second-order valence-corrected chi connectivity index (χ2v) is 3.56. The highest BCUT2D eigenvalue weighted by Crippen LogP contribution is 2.22. The van der Waals surface area contributed by atoms with Crippen LogP contribution in [-0.2, 0) is 11.3 Å². The van der Waals surface area contributed by atoms with Crippen LogP contribution in [0.2, 0.25) is 0 Å². The third kappa shape index (κ3) is 2.29. The lowest BCUT2D eigenvalue weighted by atomic mass is 10.2. The molecule has 0 fully saturated rings. The zero-order valence-corrected chi connectivity index (χ0v) is 8.92. The number of phenolic OH excluding ortho intramolecular Hbond substituents is 1. The van der Waals surface area contributed by atoms with Crippen LogP contribution in [0.25, 0.3) is 10.9 Å². The predicted molar refractivity (Wildman–Crippen MR) is 59.9 cm³/mol. The molecule has 1 unspecified atom stereocenters. The van der Waals surface area contributed by atoms with E-state index in [1.165, 1.54) is 0 Å². The van der Waals surface area contributed by atoms with E-state index in [2.05, 4.69) is 4.98 Å². The molecule has 0 amide bonds. The summed E-state index contributed by atoms with van der Waals surface area (Å²) in [5.74, 6) is 0.149. The van der Waals surface area contributed by atoms with E-state index in [1.54, 1.807) is 19.1 Å². The average molecular weight is 219 g/mol. The predicted octanol–water partition coefficient (Wildman–Crippen LogP) is 1.80. The number of pyridine rings is 1. The molecule has 1 heterocycles. The summed E-state index contributed by atoms with van der Waals surface area (Å²) in [5.41, 5.74) is 1.23. The molecule has 0 bridgehead atoms. The van der Waals surface area contributed by atoms with Gasteiger partial charge in [0, 0.05) is 5.39 Å². The Morgan fingerprint density at radius 1 is 1.31 bits per heavy atom. The smallest absolute Gasteiger partial charge is 0.152 e. The molecule has 16 heavy (non-hydrogen) atoms. The van der Waals surface area contributed by atoms with Crippen molar-refractivity contribution in [3.63, 3.8) is 0 Å². The first kappa shape index (κ1) is 10.9. The van der Waals surface area contributed by atoms with Gasteiger partial charge in [0.1, 0.15) is 11.3 Å². The number of aromatic hydroxyl groups is 1. The van der Waals surface area contributed by atoms with E-state index in [1.807, 2.05) is 18.2 Å². The Bertz CT molecular complexity index is 497. The summed E-state index contributed by atoms with van der Waals surface area (Å²) in [7, 11) is 0. The van der Waals surface area contributed by atoms with Gasteiger partial charge in [0.15, 0.2) is 6.29 Å². The fraction of sp³-hybridized carbons (Fsp3) is 0.250. The standard InChI is InChI=1S/C12H13NO3/c1-8(14)16-7-10-6-5-9-3-2-4-11(15)12(9)13-10/h2-6,8,14-15H,7H2,1H3. The van der Waals surface area contributed by atoms with Crippen LogP contribution in [0.3, 0.4) is 0 Å². The summed E-state index contributed by atoms with van der Waals surface area (Å²) >= 11 is 0. The maximum atomic E-state index is 9.62. The lowest BCUT2D eigenvalue weighted by Gasteiger charge is -2.07. The second kappa shape index (κ2) is 4.47. The minimum atomic E-state index is -0.818. The van der Waals surface area contributed by atoms with E-state index in [4.69, 9.17) is 9.84 Å². The van der Waals surface area contributed by atoms with Gasteiger partial charge in [-0.1, -0.05) is 18.2 Å². The van der Waals surface area contributed by atoms with Crippen molar-refractivity contribution in [1.29, 1.82) is 0 Å². The molecular weight excluding hydrogens is 206 g/mol. The minimum absolute atomic E-state index is 0.149. The van der Waals surface area contributed by atoms with E-state index in [-0.39, 0.29) is 12.4 Å². The maximum Gasteiger partial charge on any atom is 0.152 e. The third-order valence-corrected chi connectivity index (χ3v) is 2.23. The van der Waals surface area contributed by atoms with Crippen molar-refractivity contribution in [1.82, 2.24) is 4.98 Å². The molecule has 1 atom stereocenters. The van der Waals surface area contributed by atoms with Gasteiger partial charge in [0.25, 0.3) is 0 Å². The van der Waals surface area contributed by atoms with Gasteiger partial charge in [-0.15, -0.1) is 0 Å². The van der Waals surface area contributed by atoms with Crippen LogP contribution >= 0.6 is 0 Å². The Balaban J connectivity index is 2.32. The van der Waals surface area contributed by atoms with Crippen molar-refractivity contribution in [2.45, 2.75) is 19.8 Å². The van der Waals surface area contributed by atoms with Crippen LogP contribution in [0.1, 0.15) is 12.6 Å². The fourth-order valence-corrected chi connectivity index (χ4v) is 1.46. The van der Waals surface area contributed by atoms with Gasteiger partial charge in [0.2, 0.25) is 0 Å². The molecule has 0 saturated carbocycles. The Labute approximate surface area is 93.1 Å². The average Bonchev–Trinajstić information content (AvgIpc) is 2.27. The number of aliphatic hydroxyl groups is 1. The van der Waals surface area contributed by atoms with Crippen molar-refractivity contribution in [3.8, 4) is 5.75 Å². The number of hydrogen-bond acceptors (Lipinski definition) is 4. The Kier molecular flexibility index (Phi) is 3.03. The summed E-state index contributed by atoms with van der Waals surface area (Å²) in [6.07, 6.45) is -0.818. The normalized spacial score (nSPS) is 12.9. The van der Waals surface area contributed by atoms with Crippen LogP contribution in [0.5, 0.6) is 5.75 Å². The topological polar surface area (TPSA) is 62.6 Å². The minimum Gasteiger partial charge on any atom is -0.506 e. The molecule has 0 spiro atoms. The molecule has 2 aromatic rings. The molecule has 0 saturated heterocycles. The van der Waals surface area contributed by atoms with Crippen molar-refractivity contribution in [2.75, 3.05) is 0 Å². The lowest BCUT2D eigenvalue weighted by Crippen LogP contribution is -2.06. The maximum absolute atomic E-state index is 9.62. The largest absolute Gasteiger partial charge is 0.506 e. The number of benzene rings is 1. The molecule has 4 heteroatoms. The van der Waals surface area contributed by atoms with Crippen molar-refractivity contribution >= 4 is 10.9 Å². The van der Waals surface area contributed by atoms with Crippen LogP contribution in [-0.4, -0.2) is 21.5 Å². The monoisotopic (exact) mass is 219 g/mol. The number of aliphatic hydroxyl groups excluding tert-OH is 1. The molecule has 4 nitrogen and oxygen atoms in total. The zero-order chi connectivity index (χ0) is 11.5. The number of ether oxygens (including phenoxy) is 1. The first-order chi connectivity index (χ1) is 7.66. The quantitative estimate of drug-likeness (QED) is 0.772. The van der Waals surface area contributed by atoms with Crippen LogP contribution in [0.15, 0.2) is 30.3 Å². The van der Waals surface area contributed by atoms with Crippen LogP contribution in [0.4, 0.5) is 0 Å². The molecule has 1 aromatic carbocycles. The van der Waals surface area contributed by atoms with E-state index in [0.717, 1.165) is 5.39 Å². The molecule has 2 N–H and O–H groups in total. The number of aromatic nitrogens is 1. The number of para-hydroxylation sites is 1. The van der Waals surface area contributed by atoms with E-state index < -0.39 is 6.29 Å². The first-order valence-corrected chi connectivity index (χ1v) is 5.04. The summed E-state index contributed by atoms with van der Waals surface area (Å²) < 4.78 is 5.03. The van der Waals surface area contributed by atoms with Gasteiger partial charge in [-0.2, -0.15) is 0 Å². The van der Waals surface area contributed by atoms with Crippen molar-refractivity contribution in [2.24, 2.45) is 0 Å². The van der Waals surface area contributed by atoms with Gasteiger partial charge in [0.05, 0.1) is 12.3 Å². The second-order valence-electron chi connectivity index (χ2n) is 3.56. The number of nitrogens with zero attached hydrogens (tertiary/aromatic N) is 1. The number of fused-ring (bicyclic) bond motifs is 1. The molecule has 0 aliphatic rings. The summed E-state index contributed by atoms with van der Waals surface area (Å²) in [4.78, 5) is 4.26. The molecule has 0 aliphatic heterocycles. The van der Waals surface area contributed by atoms with Gasteiger partial charge in [-0.25, -0.2) is 4.98 Å². The Morgan fingerprint density at radius 2 is 2.12 bits per heavy atom. The Morgan fingerprint density at radius 3 is 2.88 bits per heavy atom. The highest BCUT2D eigenvalue weighted by atomic mass is 16.6. The summed E-state index contributed by atoms with van der Waals surface area (Å²) in [5, 5.41) is 19.5. The molecule has 0 aliphatic carbocycles. The fourth-order valence-electron chi connectivity index (χ4n) is 1.46. The highest BCUT2D eigenvalue weighted by molar-refractivity contribution is 5.84. The van der Waals surface area contributed by atoms with Crippen molar-refractivity contribution < 1.29 is 14.9 Å².